The SMILES string of the molecule is CC1(C)OB(C2=CCC(COCC3COCCO3)CC2)OC1(C)C. The fourth-order valence-electron chi connectivity index (χ4n) is 3.27. The molecule has 3 aliphatic rings. The van der Waals surface area contributed by atoms with E-state index >= 15 is 0 Å². The lowest BCUT2D eigenvalue weighted by atomic mass is 9.71. The van der Waals surface area contributed by atoms with Crippen LogP contribution in [0, 0.1) is 5.92 Å². The summed E-state index contributed by atoms with van der Waals surface area (Å²) in [6.45, 7) is 11.8. The zero-order valence-electron chi connectivity index (χ0n) is 15.5. The van der Waals surface area contributed by atoms with E-state index in [1.54, 1.807) is 0 Å². The molecule has 2 atom stereocenters. The summed E-state index contributed by atoms with van der Waals surface area (Å²) in [5, 5.41) is 0. The van der Waals surface area contributed by atoms with Crippen molar-refractivity contribution < 1.29 is 23.5 Å². The molecule has 6 heteroatoms. The van der Waals surface area contributed by atoms with Crippen LogP contribution in [0.1, 0.15) is 47.0 Å². The monoisotopic (exact) mass is 338 g/mol. The Morgan fingerprint density at radius 1 is 1.12 bits per heavy atom. The molecule has 0 aromatic carbocycles. The number of ether oxygens (including phenoxy) is 3. The van der Waals surface area contributed by atoms with Crippen molar-refractivity contribution in [3.8, 4) is 0 Å². The standard InChI is InChI=1S/C18H31BO5/c1-17(2)18(3,4)24-19(23-17)15-7-5-14(6-8-15)11-21-13-16-12-20-9-10-22-16/h7,14,16H,5-6,8-13H2,1-4H3. The van der Waals surface area contributed by atoms with Gasteiger partial charge in [0, 0.05) is 6.61 Å². The van der Waals surface area contributed by atoms with Crippen LogP contribution in [0.5, 0.6) is 0 Å². The molecule has 2 fully saturated rings. The summed E-state index contributed by atoms with van der Waals surface area (Å²) in [7, 11) is -0.190. The molecule has 0 amide bonds. The lowest BCUT2D eigenvalue weighted by Gasteiger charge is -2.32. The minimum absolute atomic E-state index is 0.0956. The molecule has 0 radical (unpaired) electrons. The van der Waals surface area contributed by atoms with E-state index in [1.807, 2.05) is 0 Å². The van der Waals surface area contributed by atoms with Crippen LogP contribution in [-0.2, 0) is 23.5 Å². The summed E-state index contributed by atoms with van der Waals surface area (Å²) < 4.78 is 29.1. The maximum absolute atomic E-state index is 6.15. The maximum atomic E-state index is 6.15. The molecule has 24 heavy (non-hydrogen) atoms. The molecular weight excluding hydrogens is 307 g/mol. The third-order valence-corrected chi connectivity index (χ3v) is 5.65. The summed E-state index contributed by atoms with van der Waals surface area (Å²) in [4.78, 5) is 0. The van der Waals surface area contributed by atoms with Gasteiger partial charge in [-0.05, 0) is 58.3 Å². The average Bonchev–Trinajstić information content (AvgIpc) is 2.77. The second-order valence-electron chi connectivity index (χ2n) is 8.11. The summed E-state index contributed by atoms with van der Waals surface area (Å²) in [5.41, 5.74) is 0.759. The Balaban J connectivity index is 1.41. The van der Waals surface area contributed by atoms with Gasteiger partial charge >= 0.3 is 7.12 Å². The number of hydrogen-bond donors (Lipinski definition) is 0. The largest absolute Gasteiger partial charge is 0.490 e. The van der Waals surface area contributed by atoms with Crippen LogP contribution >= 0.6 is 0 Å². The minimum Gasteiger partial charge on any atom is -0.400 e. The van der Waals surface area contributed by atoms with Gasteiger partial charge in [-0.3, -0.25) is 0 Å². The minimum atomic E-state index is -0.263. The van der Waals surface area contributed by atoms with Gasteiger partial charge < -0.3 is 23.5 Å². The second kappa shape index (κ2) is 7.46. The molecule has 0 N–H and O–H groups in total. The summed E-state index contributed by atoms with van der Waals surface area (Å²) in [6, 6.07) is 0. The third kappa shape index (κ3) is 4.22. The normalized spacial score (nSPS) is 32.7. The highest BCUT2D eigenvalue weighted by Crippen LogP contribution is 2.40. The van der Waals surface area contributed by atoms with Crippen LogP contribution in [0.2, 0.25) is 0 Å². The van der Waals surface area contributed by atoms with Crippen molar-refractivity contribution >= 4 is 7.12 Å². The Morgan fingerprint density at radius 2 is 1.88 bits per heavy atom. The van der Waals surface area contributed by atoms with Crippen LogP contribution < -0.4 is 0 Å². The van der Waals surface area contributed by atoms with Crippen LogP contribution in [0.15, 0.2) is 11.5 Å². The molecule has 0 spiro atoms. The van der Waals surface area contributed by atoms with Crippen molar-refractivity contribution in [2.24, 2.45) is 5.92 Å². The Labute approximate surface area is 146 Å². The Bertz CT molecular complexity index is 440. The predicted octanol–water partition coefficient (Wildman–Crippen LogP) is 2.78. The molecule has 2 heterocycles. The maximum Gasteiger partial charge on any atom is 0.490 e. The topological polar surface area (TPSA) is 46.2 Å². The molecule has 3 rings (SSSR count). The highest BCUT2D eigenvalue weighted by molar-refractivity contribution is 6.54. The zero-order chi connectivity index (χ0) is 17.2. The van der Waals surface area contributed by atoms with Crippen molar-refractivity contribution in [2.75, 3.05) is 33.0 Å². The first-order chi connectivity index (χ1) is 11.4. The van der Waals surface area contributed by atoms with Crippen LogP contribution in [-0.4, -0.2) is 57.5 Å². The average molecular weight is 338 g/mol. The van der Waals surface area contributed by atoms with Gasteiger partial charge in [-0.25, -0.2) is 0 Å². The molecular formula is C18H31BO5. The number of allylic oxidation sites excluding steroid dienone is 2. The number of rotatable bonds is 5. The van der Waals surface area contributed by atoms with Crippen molar-refractivity contribution in [1.29, 1.82) is 0 Å². The molecule has 1 aliphatic carbocycles. The molecule has 2 aliphatic heterocycles. The smallest absolute Gasteiger partial charge is 0.400 e. The van der Waals surface area contributed by atoms with Crippen molar-refractivity contribution in [2.45, 2.75) is 64.3 Å². The Kier molecular flexibility index (Phi) is 5.72. The van der Waals surface area contributed by atoms with E-state index in [9.17, 15) is 0 Å². The molecule has 0 saturated carbocycles. The van der Waals surface area contributed by atoms with E-state index in [-0.39, 0.29) is 24.4 Å². The van der Waals surface area contributed by atoms with Crippen molar-refractivity contribution in [3.05, 3.63) is 11.5 Å². The summed E-state index contributed by atoms with van der Waals surface area (Å²) in [6.07, 6.45) is 5.56. The van der Waals surface area contributed by atoms with Crippen molar-refractivity contribution in [1.82, 2.24) is 0 Å². The Morgan fingerprint density at radius 3 is 2.46 bits per heavy atom. The lowest BCUT2D eigenvalue weighted by Crippen LogP contribution is -2.41. The highest BCUT2D eigenvalue weighted by atomic mass is 16.7. The lowest BCUT2D eigenvalue weighted by molar-refractivity contribution is -0.117. The van der Waals surface area contributed by atoms with E-state index in [2.05, 4.69) is 33.8 Å². The van der Waals surface area contributed by atoms with E-state index in [0.717, 1.165) is 25.9 Å². The van der Waals surface area contributed by atoms with Gasteiger partial charge in [-0.15, -0.1) is 0 Å². The quantitative estimate of drug-likeness (QED) is 0.722. The van der Waals surface area contributed by atoms with Crippen LogP contribution in [0.25, 0.3) is 0 Å². The predicted molar refractivity (Wildman–Crippen MR) is 92.9 cm³/mol. The van der Waals surface area contributed by atoms with E-state index < -0.39 is 0 Å². The first-order valence-electron chi connectivity index (χ1n) is 9.19. The molecule has 136 valence electrons. The summed E-state index contributed by atoms with van der Waals surface area (Å²) in [5.74, 6) is 0.570. The highest BCUT2D eigenvalue weighted by Gasteiger charge is 2.52. The van der Waals surface area contributed by atoms with Crippen LogP contribution in [0.4, 0.5) is 0 Å². The summed E-state index contributed by atoms with van der Waals surface area (Å²) >= 11 is 0. The van der Waals surface area contributed by atoms with Gasteiger partial charge in [-0.1, -0.05) is 6.08 Å². The van der Waals surface area contributed by atoms with E-state index in [0.29, 0.717) is 32.3 Å². The third-order valence-electron chi connectivity index (χ3n) is 5.65. The first kappa shape index (κ1) is 18.4. The number of hydrogen-bond acceptors (Lipinski definition) is 5. The van der Waals surface area contributed by atoms with Crippen LogP contribution in [0.3, 0.4) is 0 Å². The van der Waals surface area contributed by atoms with E-state index in [1.165, 1.54) is 5.47 Å². The molecule has 5 nitrogen and oxygen atoms in total. The van der Waals surface area contributed by atoms with Crippen molar-refractivity contribution in [3.63, 3.8) is 0 Å². The van der Waals surface area contributed by atoms with Gasteiger partial charge in [0.25, 0.3) is 0 Å². The van der Waals surface area contributed by atoms with E-state index in [4.69, 9.17) is 23.5 Å². The molecule has 2 saturated heterocycles. The van der Waals surface area contributed by atoms with Gasteiger partial charge in [0.05, 0.1) is 37.6 Å². The molecule has 0 bridgehead atoms. The van der Waals surface area contributed by atoms with Gasteiger partial charge in [-0.2, -0.15) is 0 Å². The first-order valence-corrected chi connectivity index (χ1v) is 9.19. The van der Waals surface area contributed by atoms with Gasteiger partial charge in [0.1, 0.15) is 6.10 Å². The van der Waals surface area contributed by atoms with Gasteiger partial charge in [0.2, 0.25) is 0 Å². The fraction of sp³-hybridized carbons (Fsp3) is 0.889. The van der Waals surface area contributed by atoms with Gasteiger partial charge in [0.15, 0.2) is 0 Å². The zero-order valence-corrected chi connectivity index (χ0v) is 15.5. The molecule has 2 unspecified atom stereocenters. The molecule has 0 aromatic heterocycles. The fourth-order valence-corrected chi connectivity index (χ4v) is 3.27. The molecule has 0 aromatic rings. The second-order valence-corrected chi connectivity index (χ2v) is 8.11. The Hall–Kier alpha value is -0.395.